The van der Waals surface area contributed by atoms with Crippen LogP contribution in [0.25, 0.3) is 11.0 Å². The molecule has 1 saturated heterocycles. The van der Waals surface area contributed by atoms with Crippen LogP contribution in [0.1, 0.15) is 35.7 Å². The summed E-state index contributed by atoms with van der Waals surface area (Å²) in [6.07, 6.45) is 3.61. The Bertz CT molecular complexity index is 807. The molecule has 0 aliphatic carbocycles. The summed E-state index contributed by atoms with van der Waals surface area (Å²) in [4.78, 5) is 12.3. The quantitative estimate of drug-likeness (QED) is 0.937. The van der Waals surface area contributed by atoms with E-state index in [9.17, 15) is 13.2 Å². The number of rotatable bonds is 4. The summed E-state index contributed by atoms with van der Waals surface area (Å²) in [7, 11) is -3.04. The molecule has 1 aromatic heterocycles. The SMILES string of the molecule is CCc1ccc2occ(C(=O)NCC3CCCS3(=O)=O)c2c1. The molecule has 118 valence electrons. The van der Waals surface area contributed by atoms with Gasteiger partial charge >= 0.3 is 0 Å². The van der Waals surface area contributed by atoms with Crippen molar-refractivity contribution in [2.24, 2.45) is 0 Å². The van der Waals surface area contributed by atoms with Gasteiger partial charge in [-0.25, -0.2) is 8.42 Å². The van der Waals surface area contributed by atoms with Gasteiger partial charge in [0.15, 0.2) is 9.84 Å². The van der Waals surface area contributed by atoms with Gasteiger partial charge in [-0.2, -0.15) is 0 Å². The molecule has 1 amide bonds. The molecular formula is C16H19NO4S. The predicted octanol–water partition coefficient (Wildman–Crippen LogP) is 2.30. The van der Waals surface area contributed by atoms with Gasteiger partial charge in [0.2, 0.25) is 0 Å². The van der Waals surface area contributed by atoms with Gasteiger partial charge in [-0.1, -0.05) is 13.0 Å². The fourth-order valence-electron chi connectivity index (χ4n) is 2.86. The van der Waals surface area contributed by atoms with E-state index < -0.39 is 15.1 Å². The smallest absolute Gasteiger partial charge is 0.255 e. The van der Waals surface area contributed by atoms with Crippen LogP contribution < -0.4 is 5.32 Å². The predicted molar refractivity (Wildman–Crippen MR) is 84.7 cm³/mol. The van der Waals surface area contributed by atoms with Crippen LogP contribution in [0.15, 0.2) is 28.9 Å². The van der Waals surface area contributed by atoms with Crippen molar-refractivity contribution in [1.82, 2.24) is 5.32 Å². The van der Waals surface area contributed by atoms with Gasteiger partial charge in [-0.05, 0) is 37.0 Å². The van der Waals surface area contributed by atoms with Gasteiger partial charge < -0.3 is 9.73 Å². The highest BCUT2D eigenvalue weighted by Crippen LogP contribution is 2.23. The molecule has 22 heavy (non-hydrogen) atoms. The van der Waals surface area contributed by atoms with Crippen LogP contribution in [-0.4, -0.2) is 31.9 Å². The summed E-state index contributed by atoms with van der Waals surface area (Å²) < 4.78 is 29.0. The maximum absolute atomic E-state index is 12.3. The highest BCUT2D eigenvalue weighted by molar-refractivity contribution is 7.92. The molecule has 2 aromatic rings. The monoisotopic (exact) mass is 321 g/mol. The normalized spacial score (nSPS) is 20.3. The van der Waals surface area contributed by atoms with Gasteiger partial charge in [0.1, 0.15) is 11.8 Å². The van der Waals surface area contributed by atoms with Gasteiger partial charge in [0.25, 0.3) is 5.91 Å². The fraction of sp³-hybridized carbons (Fsp3) is 0.438. The lowest BCUT2D eigenvalue weighted by molar-refractivity contribution is 0.0954. The molecule has 1 atom stereocenters. The zero-order chi connectivity index (χ0) is 15.7. The Morgan fingerprint density at radius 3 is 2.91 bits per heavy atom. The maximum Gasteiger partial charge on any atom is 0.255 e. The van der Waals surface area contributed by atoms with E-state index in [1.54, 1.807) is 0 Å². The highest BCUT2D eigenvalue weighted by Gasteiger charge is 2.31. The largest absolute Gasteiger partial charge is 0.463 e. The Kier molecular flexibility index (Phi) is 3.95. The topological polar surface area (TPSA) is 76.4 Å². The van der Waals surface area contributed by atoms with E-state index >= 15 is 0 Å². The average Bonchev–Trinajstić information content (AvgIpc) is 3.06. The first-order chi connectivity index (χ1) is 10.5. The first-order valence-electron chi connectivity index (χ1n) is 7.51. The van der Waals surface area contributed by atoms with E-state index in [1.165, 1.54) is 6.26 Å². The Morgan fingerprint density at radius 1 is 1.41 bits per heavy atom. The number of carbonyl (C=O) groups excluding carboxylic acids is 1. The van der Waals surface area contributed by atoms with E-state index in [-0.39, 0.29) is 18.2 Å². The lowest BCUT2D eigenvalue weighted by Crippen LogP contribution is -2.34. The minimum atomic E-state index is -3.04. The Labute approximate surface area is 129 Å². The molecule has 6 heteroatoms. The van der Waals surface area contributed by atoms with E-state index in [0.29, 0.717) is 24.0 Å². The second kappa shape index (κ2) is 5.76. The summed E-state index contributed by atoms with van der Waals surface area (Å²) in [6, 6.07) is 5.77. The zero-order valence-electron chi connectivity index (χ0n) is 12.5. The third kappa shape index (κ3) is 2.75. The van der Waals surface area contributed by atoms with Crippen molar-refractivity contribution >= 4 is 26.7 Å². The molecule has 1 fully saturated rings. The lowest BCUT2D eigenvalue weighted by atomic mass is 10.1. The molecule has 2 heterocycles. The number of aryl methyl sites for hydroxylation is 1. The Hall–Kier alpha value is -1.82. The summed E-state index contributed by atoms with van der Waals surface area (Å²) >= 11 is 0. The fourth-order valence-corrected chi connectivity index (χ4v) is 4.63. The summed E-state index contributed by atoms with van der Waals surface area (Å²) in [5.41, 5.74) is 2.25. The molecule has 5 nitrogen and oxygen atoms in total. The van der Waals surface area contributed by atoms with Crippen LogP contribution >= 0.6 is 0 Å². The van der Waals surface area contributed by atoms with Gasteiger partial charge in [-0.3, -0.25) is 4.79 Å². The van der Waals surface area contributed by atoms with Crippen LogP contribution in [0.3, 0.4) is 0 Å². The zero-order valence-corrected chi connectivity index (χ0v) is 13.3. The number of furan rings is 1. The first-order valence-corrected chi connectivity index (χ1v) is 9.22. The van der Waals surface area contributed by atoms with Gasteiger partial charge in [0, 0.05) is 11.9 Å². The first kappa shape index (κ1) is 15.1. The van der Waals surface area contributed by atoms with Crippen LogP contribution in [0, 0.1) is 0 Å². The number of carbonyl (C=O) groups is 1. The Morgan fingerprint density at radius 2 is 2.23 bits per heavy atom. The van der Waals surface area contributed by atoms with Crippen molar-refractivity contribution in [3.8, 4) is 0 Å². The molecule has 1 aliphatic heterocycles. The number of fused-ring (bicyclic) bond motifs is 1. The molecular weight excluding hydrogens is 302 g/mol. The number of nitrogens with one attached hydrogen (secondary N) is 1. The van der Waals surface area contributed by atoms with Crippen LogP contribution in [0.2, 0.25) is 0 Å². The number of hydrogen-bond acceptors (Lipinski definition) is 4. The molecule has 0 spiro atoms. The second-order valence-electron chi connectivity index (χ2n) is 5.67. The van der Waals surface area contributed by atoms with Crippen LogP contribution in [0.5, 0.6) is 0 Å². The van der Waals surface area contributed by atoms with Crippen molar-refractivity contribution in [2.45, 2.75) is 31.4 Å². The molecule has 0 radical (unpaired) electrons. The highest BCUT2D eigenvalue weighted by atomic mass is 32.2. The summed E-state index contributed by atoms with van der Waals surface area (Å²) in [5, 5.41) is 3.05. The standard InChI is InChI=1S/C16H19NO4S/c1-2-11-5-6-15-13(8-11)14(10-21-15)16(18)17-9-12-4-3-7-22(12,19)20/h5-6,8,10,12H,2-4,7,9H2,1H3,(H,17,18). The van der Waals surface area contributed by atoms with Crippen LogP contribution in [0.4, 0.5) is 0 Å². The number of hydrogen-bond donors (Lipinski definition) is 1. The van der Waals surface area contributed by atoms with Gasteiger partial charge in [0.05, 0.1) is 16.6 Å². The molecule has 3 rings (SSSR count). The average molecular weight is 321 g/mol. The van der Waals surface area contributed by atoms with Crippen molar-refractivity contribution in [3.63, 3.8) is 0 Å². The number of benzene rings is 1. The lowest BCUT2D eigenvalue weighted by Gasteiger charge is -2.10. The van der Waals surface area contributed by atoms with Crippen molar-refractivity contribution in [2.75, 3.05) is 12.3 Å². The number of amides is 1. The third-order valence-corrected chi connectivity index (χ3v) is 6.52. The molecule has 0 saturated carbocycles. The third-order valence-electron chi connectivity index (χ3n) is 4.24. The van der Waals surface area contributed by atoms with Crippen LogP contribution in [-0.2, 0) is 16.3 Å². The van der Waals surface area contributed by atoms with Crippen molar-refractivity contribution in [3.05, 3.63) is 35.6 Å². The second-order valence-corrected chi connectivity index (χ2v) is 8.08. The maximum atomic E-state index is 12.3. The van der Waals surface area contributed by atoms with E-state index in [2.05, 4.69) is 5.32 Å². The molecule has 0 bridgehead atoms. The van der Waals surface area contributed by atoms with E-state index in [4.69, 9.17) is 4.42 Å². The molecule has 1 aliphatic rings. The van der Waals surface area contributed by atoms with Gasteiger partial charge in [-0.15, -0.1) is 0 Å². The molecule has 1 N–H and O–H groups in total. The minimum absolute atomic E-state index is 0.168. The summed E-state index contributed by atoms with van der Waals surface area (Å²) in [5.74, 6) is -0.0590. The van der Waals surface area contributed by atoms with E-state index in [1.807, 2.05) is 25.1 Å². The van der Waals surface area contributed by atoms with Crippen molar-refractivity contribution in [1.29, 1.82) is 0 Å². The van der Waals surface area contributed by atoms with Crippen molar-refractivity contribution < 1.29 is 17.6 Å². The molecule has 1 aromatic carbocycles. The Balaban J connectivity index is 1.78. The molecule has 1 unspecified atom stereocenters. The van der Waals surface area contributed by atoms with E-state index in [0.717, 1.165) is 17.4 Å². The number of sulfone groups is 1. The minimum Gasteiger partial charge on any atom is -0.463 e. The summed E-state index contributed by atoms with van der Waals surface area (Å²) in [6.45, 7) is 2.22.